The number of nitrogens with zero attached hydrogens (tertiary/aromatic N) is 1. The molecule has 0 fully saturated rings. The third kappa shape index (κ3) is 2.34. The van der Waals surface area contributed by atoms with Gasteiger partial charge in [-0.05, 0) is 18.6 Å². The van der Waals surface area contributed by atoms with Crippen LogP contribution in [-0.2, 0) is 6.42 Å². The molecule has 0 aliphatic carbocycles. The summed E-state index contributed by atoms with van der Waals surface area (Å²) < 4.78 is 5.51. The van der Waals surface area contributed by atoms with Crippen LogP contribution in [0, 0.1) is 0 Å². The average molecular weight is 206 g/mol. The summed E-state index contributed by atoms with van der Waals surface area (Å²) in [6, 6.07) is 7.44. The van der Waals surface area contributed by atoms with Crippen LogP contribution in [0.2, 0.25) is 0 Å². The summed E-state index contributed by atoms with van der Waals surface area (Å²) in [4.78, 5) is 4.32. The van der Waals surface area contributed by atoms with E-state index in [-0.39, 0.29) is 12.6 Å². The van der Waals surface area contributed by atoms with Crippen molar-refractivity contribution in [2.45, 2.75) is 18.9 Å². The lowest BCUT2D eigenvalue weighted by molar-refractivity contribution is 0.258. The minimum absolute atomic E-state index is 0.000227. The maximum atomic E-state index is 8.78. The molecule has 1 aromatic carbocycles. The zero-order valence-corrected chi connectivity index (χ0v) is 8.39. The van der Waals surface area contributed by atoms with Crippen molar-refractivity contribution in [2.24, 2.45) is 5.73 Å². The number of para-hydroxylation sites is 2. The highest BCUT2D eigenvalue weighted by molar-refractivity contribution is 5.72. The first-order valence-corrected chi connectivity index (χ1v) is 5.00. The summed E-state index contributed by atoms with van der Waals surface area (Å²) in [5, 5.41) is 8.78. The van der Waals surface area contributed by atoms with Gasteiger partial charge in [0.15, 0.2) is 11.5 Å². The van der Waals surface area contributed by atoms with Crippen LogP contribution in [0.1, 0.15) is 12.3 Å². The third-order valence-electron chi connectivity index (χ3n) is 2.30. The summed E-state index contributed by atoms with van der Waals surface area (Å²) in [5.74, 6) is 0.681. The number of aromatic nitrogens is 1. The smallest absolute Gasteiger partial charge is 0.195 e. The monoisotopic (exact) mass is 206 g/mol. The maximum Gasteiger partial charge on any atom is 0.195 e. The molecule has 1 heterocycles. The van der Waals surface area contributed by atoms with Gasteiger partial charge in [0, 0.05) is 12.5 Å². The number of fused-ring (bicyclic) bond motifs is 1. The van der Waals surface area contributed by atoms with Crippen molar-refractivity contribution in [1.29, 1.82) is 0 Å². The minimum Gasteiger partial charge on any atom is -0.441 e. The summed E-state index contributed by atoms with van der Waals surface area (Å²) >= 11 is 0. The van der Waals surface area contributed by atoms with Crippen LogP contribution in [0.15, 0.2) is 28.7 Å². The molecule has 0 radical (unpaired) electrons. The Morgan fingerprint density at radius 3 is 2.93 bits per heavy atom. The lowest BCUT2D eigenvalue weighted by atomic mass is 10.2. The molecule has 0 spiro atoms. The molecule has 0 aliphatic rings. The van der Waals surface area contributed by atoms with E-state index in [1.54, 1.807) is 0 Å². The van der Waals surface area contributed by atoms with Crippen LogP contribution >= 0.6 is 0 Å². The molecule has 0 saturated carbocycles. The van der Waals surface area contributed by atoms with Gasteiger partial charge < -0.3 is 15.3 Å². The fraction of sp³-hybridized carbons (Fsp3) is 0.364. The summed E-state index contributed by atoms with van der Waals surface area (Å²) in [6.07, 6.45) is 1.35. The van der Waals surface area contributed by atoms with E-state index in [0.717, 1.165) is 11.1 Å². The number of aryl methyl sites for hydroxylation is 1. The van der Waals surface area contributed by atoms with Gasteiger partial charge in [-0.25, -0.2) is 4.98 Å². The zero-order chi connectivity index (χ0) is 10.7. The van der Waals surface area contributed by atoms with E-state index in [1.165, 1.54) is 0 Å². The predicted molar refractivity (Wildman–Crippen MR) is 57.4 cm³/mol. The van der Waals surface area contributed by atoms with Gasteiger partial charge in [0.25, 0.3) is 0 Å². The van der Waals surface area contributed by atoms with Gasteiger partial charge in [-0.15, -0.1) is 0 Å². The molecule has 0 saturated heterocycles. The van der Waals surface area contributed by atoms with Crippen molar-refractivity contribution < 1.29 is 9.52 Å². The Balaban J connectivity index is 2.09. The molecule has 15 heavy (non-hydrogen) atoms. The number of aliphatic hydroxyl groups is 1. The predicted octanol–water partition coefficient (Wildman–Crippen LogP) is 1.08. The number of benzene rings is 1. The molecule has 0 aliphatic heterocycles. The minimum atomic E-state index is -0.194. The number of hydrogen-bond acceptors (Lipinski definition) is 4. The van der Waals surface area contributed by atoms with Gasteiger partial charge in [0.2, 0.25) is 0 Å². The molecule has 4 heteroatoms. The molecular formula is C11H14N2O2. The largest absolute Gasteiger partial charge is 0.441 e. The van der Waals surface area contributed by atoms with E-state index in [0.29, 0.717) is 18.7 Å². The van der Waals surface area contributed by atoms with Gasteiger partial charge >= 0.3 is 0 Å². The second-order valence-corrected chi connectivity index (χ2v) is 3.56. The first kappa shape index (κ1) is 10.1. The lowest BCUT2D eigenvalue weighted by Gasteiger charge is -2.04. The second kappa shape index (κ2) is 4.42. The van der Waals surface area contributed by atoms with E-state index < -0.39 is 0 Å². The molecule has 2 aromatic rings. The van der Waals surface area contributed by atoms with Crippen LogP contribution < -0.4 is 5.73 Å². The summed E-state index contributed by atoms with van der Waals surface area (Å²) in [6.45, 7) is 0.000227. The first-order valence-electron chi connectivity index (χ1n) is 5.00. The zero-order valence-electron chi connectivity index (χ0n) is 8.39. The van der Waals surface area contributed by atoms with E-state index in [2.05, 4.69) is 4.98 Å². The van der Waals surface area contributed by atoms with Crippen LogP contribution in [0.4, 0.5) is 0 Å². The van der Waals surface area contributed by atoms with Crippen molar-refractivity contribution >= 4 is 11.1 Å². The molecule has 0 bridgehead atoms. The molecule has 3 N–H and O–H groups in total. The normalized spacial score (nSPS) is 13.2. The highest BCUT2D eigenvalue weighted by atomic mass is 16.3. The fourth-order valence-electron chi connectivity index (χ4n) is 1.43. The Morgan fingerprint density at radius 1 is 1.40 bits per heavy atom. The van der Waals surface area contributed by atoms with Gasteiger partial charge in [-0.3, -0.25) is 0 Å². The number of hydrogen-bond donors (Lipinski definition) is 2. The van der Waals surface area contributed by atoms with Crippen LogP contribution in [0.5, 0.6) is 0 Å². The van der Waals surface area contributed by atoms with Gasteiger partial charge in [0.05, 0.1) is 6.61 Å². The van der Waals surface area contributed by atoms with E-state index >= 15 is 0 Å². The number of nitrogens with two attached hydrogens (primary N) is 1. The van der Waals surface area contributed by atoms with Crippen LogP contribution in [0.25, 0.3) is 11.1 Å². The highest BCUT2D eigenvalue weighted by Gasteiger charge is 2.07. The molecule has 80 valence electrons. The molecule has 2 rings (SSSR count). The van der Waals surface area contributed by atoms with Crippen molar-refractivity contribution in [3.05, 3.63) is 30.2 Å². The number of oxazole rings is 1. The average Bonchev–Trinajstić information content (AvgIpc) is 2.68. The van der Waals surface area contributed by atoms with Crippen LogP contribution in [0.3, 0.4) is 0 Å². The summed E-state index contributed by atoms with van der Waals surface area (Å²) in [5.41, 5.74) is 7.26. The van der Waals surface area contributed by atoms with E-state index in [1.807, 2.05) is 24.3 Å². The third-order valence-corrected chi connectivity index (χ3v) is 2.30. The number of aliphatic hydroxyl groups excluding tert-OH is 1. The molecule has 4 nitrogen and oxygen atoms in total. The highest BCUT2D eigenvalue weighted by Crippen LogP contribution is 2.15. The van der Waals surface area contributed by atoms with Crippen molar-refractivity contribution in [2.75, 3.05) is 6.61 Å². The Kier molecular flexibility index (Phi) is 2.99. The Bertz CT molecular complexity index is 406. The molecular weight excluding hydrogens is 192 g/mol. The molecule has 1 aromatic heterocycles. The van der Waals surface area contributed by atoms with Crippen molar-refractivity contribution in [3.63, 3.8) is 0 Å². The van der Waals surface area contributed by atoms with Gasteiger partial charge in [0.1, 0.15) is 5.52 Å². The topological polar surface area (TPSA) is 72.3 Å². The Hall–Kier alpha value is -1.39. The van der Waals surface area contributed by atoms with Gasteiger partial charge in [-0.2, -0.15) is 0 Å². The number of rotatable bonds is 4. The maximum absolute atomic E-state index is 8.78. The standard InChI is InChI=1S/C11H14N2O2/c12-8(7-14)5-6-11-13-9-3-1-2-4-10(9)15-11/h1-4,8,14H,5-7,12H2/t8-/m0/s1. The quantitative estimate of drug-likeness (QED) is 0.785. The van der Waals surface area contributed by atoms with Crippen molar-refractivity contribution in [1.82, 2.24) is 4.98 Å². The van der Waals surface area contributed by atoms with Crippen LogP contribution in [-0.4, -0.2) is 22.7 Å². The lowest BCUT2D eigenvalue weighted by Crippen LogP contribution is -2.24. The SMILES string of the molecule is N[C@H](CO)CCc1nc2ccccc2o1. The molecule has 1 atom stereocenters. The molecule has 0 unspecified atom stereocenters. The Labute approximate surface area is 87.7 Å². The second-order valence-electron chi connectivity index (χ2n) is 3.56. The van der Waals surface area contributed by atoms with E-state index in [9.17, 15) is 0 Å². The molecule has 0 amide bonds. The first-order chi connectivity index (χ1) is 7.29. The van der Waals surface area contributed by atoms with E-state index in [4.69, 9.17) is 15.3 Å². The van der Waals surface area contributed by atoms with Crippen molar-refractivity contribution in [3.8, 4) is 0 Å². The summed E-state index contributed by atoms with van der Waals surface area (Å²) in [7, 11) is 0. The Morgan fingerprint density at radius 2 is 2.20 bits per heavy atom. The fourth-order valence-corrected chi connectivity index (χ4v) is 1.43. The van der Waals surface area contributed by atoms with Gasteiger partial charge in [-0.1, -0.05) is 12.1 Å².